The summed E-state index contributed by atoms with van der Waals surface area (Å²) >= 11 is 0. The summed E-state index contributed by atoms with van der Waals surface area (Å²) in [6.07, 6.45) is 1.37. The summed E-state index contributed by atoms with van der Waals surface area (Å²) in [6, 6.07) is 17.0. The molecule has 0 aromatic heterocycles. The molecule has 2 atom stereocenters. The van der Waals surface area contributed by atoms with E-state index in [1.807, 2.05) is 75.4 Å². The first-order chi connectivity index (χ1) is 14.9. The Hall–Kier alpha value is -2.82. The van der Waals surface area contributed by atoms with Crippen LogP contribution in [0.15, 0.2) is 54.6 Å². The molecular formula is C26H36N2O3. The normalized spacial score (nSPS) is 12.8. The van der Waals surface area contributed by atoms with E-state index in [0.29, 0.717) is 18.7 Å². The lowest BCUT2D eigenvalue weighted by atomic mass is 10.0. The molecule has 5 nitrogen and oxygen atoms in total. The Kier molecular flexibility index (Phi) is 9.57. The maximum absolute atomic E-state index is 13.3. The minimum absolute atomic E-state index is 0.0596. The molecule has 1 N–H and O–H groups in total. The molecule has 2 aromatic rings. The summed E-state index contributed by atoms with van der Waals surface area (Å²) in [5.74, 6) is 0.677. The SMILES string of the molecule is CC[C@H](C(=O)N[C@@H](C)CC)N(Cc1ccccc1)C(=O)COc1ccccc1C(C)C. The van der Waals surface area contributed by atoms with Gasteiger partial charge in [-0.25, -0.2) is 0 Å². The number of para-hydroxylation sites is 1. The first kappa shape index (κ1) is 24.4. The molecule has 0 aliphatic heterocycles. The van der Waals surface area contributed by atoms with Crippen molar-refractivity contribution in [3.63, 3.8) is 0 Å². The largest absolute Gasteiger partial charge is 0.483 e. The van der Waals surface area contributed by atoms with Crippen LogP contribution in [0.1, 0.15) is 64.5 Å². The van der Waals surface area contributed by atoms with Crippen molar-refractivity contribution in [2.24, 2.45) is 0 Å². The van der Waals surface area contributed by atoms with E-state index < -0.39 is 6.04 Å². The van der Waals surface area contributed by atoms with Crippen molar-refractivity contribution in [2.45, 2.75) is 72.0 Å². The standard InChI is InChI=1S/C26H36N2O3/c1-6-20(5)27-26(30)23(7-2)28(17-21-13-9-8-10-14-21)25(29)18-31-24-16-12-11-15-22(24)19(3)4/h8-16,19-20,23H,6-7,17-18H2,1-5H3,(H,27,30)/t20-,23+/m0/s1. The van der Waals surface area contributed by atoms with E-state index in [0.717, 1.165) is 17.5 Å². The minimum Gasteiger partial charge on any atom is -0.483 e. The van der Waals surface area contributed by atoms with Crippen molar-refractivity contribution in [3.05, 3.63) is 65.7 Å². The molecule has 0 fully saturated rings. The molecule has 0 aliphatic rings. The van der Waals surface area contributed by atoms with E-state index in [2.05, 4.69) is 19.2 Å². The fourth-order valence-corrected chi connectivity index (χ4v) is 3.45. The maximum atomic E-state index is 13.3. The quantitative estimate of drug-likeness (QED) is 0.557. The summed E-state index contributed by atoms with van der Waals surface area (Å²) < 4.78 is 5.93. The molecule has 0 spiro atoms. The number of amides is 2. The summed E-state index contributed by atoms with van der Waals surface area (Å²) in [6.45, 7) is 10.4. The van der Waals surface area contributed by atoms with Gasteiger partial charge in [-0.1, -0.05) is 76.2 Å². The van der Waals surface area contributed by atoms with Crippen LogP contribution in [0.2, 0.25) is 0 Å². The van der Waals surface area contributed by atoms with Gasteiger partial charge in [-0.15, -0.1) is 0 Å². The average Bonchev–Trinajstić information content (AvgIpc) is 2.77. The summed E-state index contributed by atoms with van der Waals surface area (Å²) in [7, 11) is 0. The topological polar surface area (TPSA) is 58.6 Å². The molecule has 168 valence electrons. The third kappa shape index (κ3) is 7.12. The van der Waals surface area contributed by atoms with Crippen molar-refractivity contribution in [3.8, 4) is 5.75 Å². The molecule has 0 saturated heterocycles. The number of nitrogens with one attached hydrogen (secondary N) is 1. The minimum atomic E-state index is -0.550. The van der Waals surface area contributed by atoms with Crippen LogP contribution in [-0.2, 0) is 16.1 Å². The predicted octanol–water partition coefficient (Wildman–Crippen LogP) is 4.91. The molecule has 2 aromatic carbocycles. The van der Waals surface area contributed by atoms with E-state index in [9.17, 15) is 9.59 Å². The van der Waals surface area contributed by atoms with Crippen LogP contribution in [0.5, 0.6) is 5.75 Å². The van der Waals surface area contributed by atoms with Gasteiger partial charge in [-0.05, 0) is 42.9 Å². The Morgan fingerprint density at radius 2 is 1.58 bits per heavy atom. The molecule has 0 aliphatic carbocycles. The highest BCUT2D eigenvalue weighted by molar-refractivity contribution is 5.88. The Labute approximate surface area is 186 Å². The van der Waals surface area contributed by atoms with Gasteiger partial charge < -0.3 is 15.0 Å². The molecule has 0 heterocycles. The highest BCUT2D eigenvalue weighted by Crippen LogP contribution is 2.26. The molecule has 2 rings (SSSR count). The lowest BCUT2D eigenvalue weighted by Crippen LogP contribution is -2.51. The van der Waals surface area contributed by atoms with Crippen molar-refractivity contribution in [1.29, 1.82) is 0 Å². The monoisotopic (exact) mass is 424 g/mol. The van der Waals surface area contributed by atoms with Gasteiger partial charge in [0.2, 0.25) is 5.91 Å². The number of carbonyl (C=O) groups is 2. The zero-order valence-corrected chi connectivity index (χ0v) is 19.4. The second-order valence-corrected chi connectivity index (χ2v) is 8.23. The van der Waals surface area contributed by atoms with Gasteiger partial charge >= 0.3 is 0 Å². The molecule has 5 heteroatoms. The number of nitrogens with zero attached hydrogens (tertiary/aromatic N) is 1. The Morgan fingerprint density at radius 1 is 0.935 bits per heavy atom. The predicted molar refractivity (Wildman–Crippen MR) is 125 cm³/mol. The molecule has 0 bridgehead atoms. The molecule has 0 saturated carbocycles. The second-order valence-electron chi connectivity index (χ2n) is 8.23. The number of benzene rings is 2. The fourth-order valence-electron chi connectivity index (χ4n) is 3.45. The second kappa shape index (κ2) is 12.1. The number of hydrogen-bond donors (Lipinski definition) is 1. The number of hydrogen-bond acceptors (Lipinski definition) is 3. The summed E-state index contributed by atoms with van der Waals surface area (Å²) in [5.41, 5.74) is 2.04. The Balaban J connectivity index is 2.22. The number of rotatable bonds is 11. The molecule has 2 amide bonds. The number of ether oxygens (including phenoxy) is 1. The van der Waals surface area contributed by atoms with Crippen LogP contribution in [0.3, 0.4) is 0 Å². The van der Waals surface area contributed by atoms with E-state index in [-0.39, 0.29) is 30.4 Å². The molecule has 0 radical (unpaired) electrons. The Morgan fingerprint density at radius 3 is 2.19 bits per heavy atom. The maximum Gasteiger partial charge on any atom is 0.261 e. The zero-order valence-electron chi connectivity index (χ0n) is 19.4. The third-order valence-electron chi connectivity index (χ3n) is 5.47. The highest BCUT2D eigenvalue weighted by atomic mass is 16.5. The van der Waals surface area contributed by atoms with Crippen molar-refractivity contribution in [2.75, 3.05) is 6.61 Å². The third-order valence-corrected chi connectivity index (χ3v) is 5.47. The summed E-state index contributed by atoms with van der Waals surface area (Å²) in [5, 5.41) is 3.03. The van der Waals surface area contributed by atoms with Crippen LogP contribution < -0.4 is 10.1 Å². The Bertz CT molecular complexity index is 836. The van der Waals surface area contributed by atoms with Crippen LogP contribution in [0.25, 0.3) is 0 Å². The van der Waals surface area contributed by atoms with E-state index in [4.69, 9.17) is 4.74 Å². The smallest absolute Gasteiger partial charge is 0.261 e. The van der Waals surface area contributed by atoms with Gasteiger partial charge in [-0.2, -0.15) is 0 Å². The van der Waals surface area contributed by atoms with Gasteiger partial charge in [0.25, 0.3) is 5.91 Å². The molecule has 0 unspecified atom stereocenters. The van der Waals surface area contributed by atoms with Gasteiger partial charge in [0.1, 0.15) is 11.8 Å². The molecular weight excluding hydrogens is 388 g/mol. The lowest BCUT2D eigenvalue weighted by Gasteiger charge is -2.31. The van der Waals surface area contributed by atoms with Crippen molar-refractivity contribution < 1.29 is 14.3 Å². The van der Waals surface area contributed by atoms with Crippen LogP contribution >= 0.6 is 0 Å². The van der Waals surface area contributed by atoms with E-state index >= 15 is 0 Å². The van der Waals surface area contributed by atoms with Crippen LogP contribution in [0, 0.1) is 0 Å². The van der Waals surface area contributed by atoms with Gasteiger partial charge in [0, 0.05) is 12.6 Å². The van der Waals surface area contributed by atoms with Gasteiger partial charge in [0.15, 0.2) is 6.61 Å². The number of carbonyl (C=O) groups excluding carboxylic acids is 2. The van der Waals surface area contributed by atoms with E-state index in [1.54, 1.807) is 4.90 Å². The fraction of sp³-hybridized carbons (Fsp3) is 0.462. The van der Waals surface area contributed by atoms with Crippen LogP contribution in [0.4, 0.5) is 0 Å². The van der Waals surface area contributed by atoms with Gasteiger partial charge in [0.05, 0.1) is 0 Å². The van der Waals surface area contributed by atoms with E-state index in [1.165, 1.54) is 0 Å². The lowest BCUT2D eigenvalue weighted by molar-refractivity contribution is -0.143. The van der Waals surface area contributed by atoms with Crippen LogP contribution in [-0.4, -0.2) is 35.4 Å². The highest BCUT2D eigenvalue weighted by Gasteiger charge is 2.29. The summed E-state index contributed by atoms with van der Waals surface area (Å²) in [4.78, 5) is 27.9. The average molecular weight is 425 g/mol. The van der Waals surface area contributed by atoms with Crippen molar-refractivity contribution >= 4 is 11.8 Å². The zero-order chi connectivity index (χ0) is 22.8. The first-order valence-corrected chi connectivity index (χ1v) is 11.2. The first-order valence-electron chi connectivity index (χ1n) is 11.2. The molecule has 31 heavy (non-hydrogen) atoms. The van der Waals surface area contributed by atoms with Crippen molar-refractivity contribution in [1.82, 2.24) is 10.2 Å². The van der Waals surface area contributed by atoms with Gasteiger partial charge in [-0.3, -0.25) is 9.59 Å².